The number of pyridine rings is 1. The van der Waals surface area contributed by atoms with Crippen molar-refractivity contribution in [2.45, 2.75) is 31.8 Å². The third-order valence-electron chi connectivity index (χ3n) is 7.14. The Labute approximate surface area is 206 Å². The first-order chi connectivity index (χ1) is 16.4. The molecule has 0 amide bonds. The summed E-state index contributed by atoms with van der Waals surface area (Å²) in [4.78, 5) is 15.0. The van der Waals surface area contributed by atoms with Gasteiger partial charge in [0, 0.05) is 31.7 Å². The van der Waals surface area contributed by atoms with Crippen molar-refractivity contribution in [3.05, 3.63) is 62.9 Å². The lowest BCUT2D eigenvalue weighted by atomic mass is 9.61. The molecule has 0 radical (unpaired) electrons. The van der Waals surface area contributed by atoms with Crippen LogP contribution in [0.4, 0.5) is 0 Å². The number of aromatic nitrogens is 5. The SMILES string of the molecule is Cn1ncc2c(OC3CC4(C3)CN(CCCc3cc5nncn5cc3Cl)C4)ccc(Cl)c2c1=O. The van der Waals surface area contributed by atoms with Crippen molar-refractivity contribution >= 4 is 39.6 Å². The van der Waals surface area contributed by atoms with Gasteiger partial charge in [-0.3, -0.25) is 9.20 Å². The third kappa shape index (κ3) is 3.74. The summed E-state index contributed by atoms with van der Waals surface area (Å²) < 4.78 is 9.40. The molecular weight excluding hydrogens is 475 g/mol. The van der Waals surface area contributed by atoms with Crippen LogP contribution in [0.25, 0.3) is 16.4 Å². The zero-order chi connectivity index (χ0) is 23.4. The van der Waals surface area contributed by atoms with Gasteiger partial charge in [0.25, 0.3) is 5.56 Å². The molecule has 1 saturated carbocycles. The van der Waals surface area contributed by atoms with E-state index in [1.165, 1.54) is 4.68 Å². The maximum Gasteiger partial charge on any atom is 0.276 e. The van der Waals surface area contributed by atoms with E-state index in [4.69, 9.17) is 27.9 Å². The quantitative estimate of drug-likeness (QED) is 0.402. The number of halogens is 2. The van der Waals surface area contributed by atoms with Crippen molar-refractivity contribution in [1.82, 2.24) is 29.3 Å². The lowest BCUT2D eigenvalue weighted by Gasteiger charge is -2.58. The molecule has 4 aromatic rings. The van der Waals surface area contributed by atoms with E-state index in [0.717, 1.165) is 61.6 Å². The Hall–Kier alpha value is -2.68. The number of likely N-dealkylation sites (tertiary alicyclic amines) is 1. The van der Waals surface area contributed by atoms with Crippen molar-refractivity contribution in [1.29, 1.82) is 0 Å². The minimum Gasteiger partial charge on any atom is -0.490 e. The molecule has 1 aliphatic heterocycles. The van der Waals surface area contributed by atoms with Crippen molar-refractivity contribution in [2.75, 3.05) is 19.6 Å². The van der Waals surface area contributed by atoms with E-state index in [-0.39, 0.29) is 11.7 Å². The van der Waals surface area contributed by atoms with Gasteiger partial charge < -0.3 is 9.64 Å². The molecular formula is C24H24Cl2N6O2. The second kappa shape index (κ2) is 8.22. The topological polar surface area (TPSA) is 77.6 Å². The smallest absolute Gasteiger partial charge is 0.276 e. The highest BCUT2D eigenvalue weighted by molar-refractivity contribution is 6.35. The number of ether oxygens (including phenoxy) is 1. The summed E-state index contributed by atoms with van der Waals surface area (Å²) in [5.74, 6) is 0.683. The monoisotopic (exact) mass is 498 g/mol. The van der Waals surface area contributed by atoms with Crippen molar-refractivity contribution in [2.24, 2.45) is 12.5 Å². The summed E-state index contributed by atoms with van der Waals surface area (Å²) in [5, 5.41) is 14.5. The van der Waals surface area contributed by atoms with Crippen molar-refractivity contribution in [3.63, 3.8) is 0 Å². The number of fused-ring (bicyclic) bond motifs is 2. The van der Waals surface area contributed by atoms with E-state index in [2.05, 4.69) is 20.2 Å². The van der Waals surface area contributed by atoms with Gasteiger partial charge in [-0.15, -0.1) is 10.2 Å². The Balaban J connectivity index is 1.01. The summed E-state index contributed by atoms with van der Waals surface area (Å²) >= 11 is 12.7. The van der Waals surface area contributed by atoms with Crippen molar-refractivity contribution in [3.8, 4) is 5.75 Å². The predicted octanol–water partition coefficient (Wildman–Crippen LogP) is 3.76. The van der Waals surface area contributed by atoms with Crippen LogP contribution in [0.3, 0.4) is 0 Å². The first kappa shape index (κ1) is 21.8. The molecule has 2 aliphatic rings. The Morgan fingerprint density at radius 3 is 2.85 bits per heavy atom. The zero-order valence-corrected chi connectivity index (χ0v) is 20.3. The lowest BCUT2D eigenvalue weighted by Crippen LogP contribution is -2.64. The third-order valence-corrected chi connectivity index (χ3v) is 7.79. The van der Waals surface area contributed by atoms with E-state index in [1.54, 1.807) is 25.6 Å². The van der Waals surface area contributed by atoms with Gasteiger partial charge in [-0.05, 0) is 56.0 Å². The molecule has 1 spiro atoms. The highest BCUT2D eigenvalue weighted by Crippen LogP contribution is 2.50. The summed E-state index contributed by atoms with van der Waals surface area (Å²) in [6.07, 6.45) is 9.38. The normalized spacial score (nSPS) is 17.9. The first-order valence-electron chi connectivity index (χ1n) is 11.4. The molecule has 176 valence electrons. The van der Waals surface area contributed by atoms with Gasteiger partial charge in [0.05, 0.1) is 33.1 Å². The van der Waals surface area contributed by atoms with Crippen LogP contribution in [-0.4, -0.2) is 55.0 Å². The van der Waals surface area contributed by atoms with Gasteiger partial charge in [-0.2, -0.15) is 5.10 Å². The van der Waals surface area contributed by atoms with Gasteiger partial charge in [-0.25, -0.2) is 4.68 Å². The van der Waals surface area contributed by atoms with Gasteiger partial charge in [0.15, 0.2) is 5.65 Å². The Kier molecular flexibility index (Phi) is 5.28. The number of hydrogen-bond donors (Lipinski definition) is 0. The van der Waals surface area contributed by atoms with Gasteiger partial charge in [-0.1, -0.05) is 23.2 Å². The van der Waals surface area contributed by atoms with E-state index in [1.807, 2.05) is 22.7 Å². The summed E-state index contributed by atoms with van der Waals surface area (Å²) in [7, 11) is 1.62. The summed E-state index contributed by atoms with van der Waals surface area (Å²) in [5.41, 5.74) is 2.09. The molecule has 1 saturated heterocycles. The van der Waals surface area contributed by atoms with Gasteiger partial charge in [0.1, 0.15) is 12.1 Å². The van der Waals surface area contributed by atoms with Crippen molar-refractivity contribution < 1.29 is 4.74 Å². The van der Waals surface area contributed by atoms with E-state index >= 15 is 0 Å². The van der Waals surface area contributed by atoms with Crippen LogP contribution in [0, 0.1) is 5.41 Å². The number of aryl methyl sites for hydroxylation is 2. The van der Waals surface area contributed by atoms with Crippen LogP contribution in [0.15, 0.2) is 41.7 Å². The molecule has 1 aliphatic carbocycles. The van der Waals surface area contributed by atoms with Gasteiger partial charge in [0.2, 0.25) is 0 Å². The van der Waals surface area contributed by atoms with Crippen LogP contribution < -0.4 is 10.3 Å². The average Bonchev–Trinajstić information content (AvgIpc) is 3.21. The molecule has 2 fully saturated rings. The zero-order valence-electron chi connectivity index (χ0n) is 18.7. The number of rotatable bonds is 6. The fourth-order valence-electron chi connectivity index (χ4n) is 5.44. The molecule has 0 N–H and O–H groups in total. The largest absolute Gasteiger partial charge is 0.490 e. The van der Waals surface area contributed by atoms with E-state index in [9.17, 15) is 4.79 Å². The molecule has 0 atom stereocenters. The average molecular weight is 499 g/mol. The Morgan fingerprint density at radius 2 is 2.03 bits per heavy atom. The lowest BCUT2D eigenvalue weighted by molar-refractivity contribution is -0.118. The van der Waals surface area contributed by atoms with Crippen LogP contribution in [0.1, 0.15) is 24.8 Å². The second-order valence-electron chi connectivity index (χ2n) is 9.61. The standard InChI is InChI=1S/C24H24Cl2N6O2/c1-30-23(33)22-17(10-28-30)20(5-4-18(22)25)34-16-8-24(9-16)12-31(13-24)6-2-3-15-7-21-29-27-14-32(21)11-19(15)26/h4-5,7,10-11,14,16H,2-3,6,8-9,12-13H2,1H3. The summed E-state index contributed by atoms with van der Waals surface area (Å²) in [6.45, 7) is 3.26. The highest BCUT2D eigenvalue weighted by atomic mass is 35.5. The first-order valence-corrected chi connectivity index (χ1v) is 12.2. The molecule has 0 unspecified atom stereocenters. The van der Waals surface area contributed by atoms with Crippen LogP contribution in [0.5, 0.6) is 5.75 Å². The molecule has 34 heavy (non-hydrogen) atoms. The Bertz CT molecular complexity index is 1450. The maximum absolute atomic E-state index is 12.4. The number of nitrogens with zero attached hydrogens (tertiary/aromatic N) is 6. The van der Waals surface area contributed by atoms with E-state index < -0.39 is 0 Å². The van der Waals surface area contributed by atoms with Gasteiger partial charge >= 0.3 is 0 Å². The number of hydrogen-bond acceptors (Lipinski definition) is 6. The molecule has 4 heterocycles. The second-order valence-corrected chi connectivity index (χ2v) is 10.4. The maximum atomic E-state index is 12.4. The number of benzene rings is 1. The predicted molar refractivity (Wildman–Crippen MR) is 131 cm³/mol. The molecule has 10 heteroatoms. The highest BCUT2D eigenvalue weighted by Gasteiger charge is 2.53. The van der Waals surface area contributed by atoms with Crippen LogP contribution >= 0.6 is 23.2 Å². The fourth-order valence-corrected chi connectivity index (χ4v) is 5.94. The van der Waals surface area contributed by atoms with E-state index in [0.29, 0.717) is 27.0 Å². The summed E-state index contributed by atoms with van der Waals surface area (Å²) in [6, 6.07) is 5.59. The minimum atomic E-state index is -0.213. The Morgan fingerprint density at radius 1 is 1.21 bits per heavy atom. The minimum absolute atomic E-state index is 0.157. The van der Waals surface area contributed by atoms with Crippen LogP contribution in [-0.2, 0) is 13.5 Å². The molecule has 1 aromatic carbocycles. The van der Waals surface area contributed by atoms with Crippen LogP contribution in [0.2, 0.25) is 10.0 Å². The molecule has 6 rings (SSSR count). The molecule has 3 aromatic heterocycles. The molecule has 8 nitrogen and oxygen atoms in total. The molecule has 0 bridgehead atoms. The fraction of sp³-hybridized carbons (Fsp3) is 0.417.